The zero-order chi connectivity index (χ0) is 69.7. The number of hydrogen-bond donors (Lipinski definition) is 15. The molecular formula is C61H80N14O19S. The number of benzene rings is 2. The number of aromatic amines is 1. The van der Waals surface area contributed by atoms with Crippen molar-refractivity contribution in [2.24, 2.45) is 23.5 Å². The number of anilines is 1. The number of aliphatic hydroxyl groups excluding tert-OH is 3. The molecule has 1 aromatic heterocycles. The number of nitrogens with two attached hydrogens (primary N) is 1. The molecule has 4 aliphatic heterocycles. The maximum absolute atomic E-state index is 15.2. The maximum Gasteiger partial charge on any atom is 0.253 e. The third-order valence-corrected chi connectivity index (χ3v) is 18.2. The molecule has 13 atom stereocenters. The largest absolute Gasteiger partial charge is 0.610 e. The van der Waals surface area contributed by atoms with Gasteiger partial charge in [0.2, 0.25) is 70.0 Å². The molecule has 0 spiro atoms. The second-order valence-corrected chi connectivity index (χ2v) is 25.6. The summed E-state index contributed by atoms with van der Waals surface area (Å²) in [6.45, 7) is 5.93. The molecular weight excluding hydrogens is 1260 g/mol. The van der Waals surface area contributed by atoms with Gasteiger partial charge in [0.05, 0.1) is 49.9 Å². The average molecular weight is 1350 g/mol. The van der Waals surface area contributed by atoms with Gasteiger partial charge in [-0.25, -0.2) is 0 Å². The van der Waals surface area contributed by atoms with E-state index in [1.54, 1.807) is 52.0 Å². The second kappa shape index (κ2) is 32.2. The number of imide groups is 1. The van der Waals surface area contributed by atoms with Crippen molar-refractivity contribution in [2.75, 3.05) is 43.9 Å². The van der Waals surface area contributed by atoms with Crippen LogP contribution < -0.4 is 63.6 Å². The minimum absolute atomic E-state index is 0.0535. The van der Waals surface area contributed by atoms with Crippen molar-refractivity contribution < 1.29 is 91.7 Å². The molecule has 13 amide bonds. The van der Waals surface area contributed by atoms with E-state index >= 15 is 9.35 Å². The third kappa shape index (κ3) is 18.3. The Morgan fingerprint density at radius 1 is 0.832 bits per heavy atom. The Morgan fingerprint density at radius 3 is 2.13 bits per heavy atom. The quantitative estimate of drug-likeness (QED) is 0.0286. The summed E-state index contributed by atoms with van der Waals surface area (Å²) in [6.07, 6.45) is -3.01. The SMILES string of the molecule is CC[C@H](C)[C@@H]1NC(=O)CNC(=O)[C@@H]2Cc3c([nH]c4cc(OCc5ccc(NC(=O)[C@H](C)NC(=O)[C@@H](NC(=O)CCN6C(=O)C=CC6=O)C(C)C)cc5)ccc34)[S+]([O-])C[C@H](NC(=O)CNC1=O)C(=O)N[C@@H](CC(N)=O)C(=O)N1C[C@H](O)C[C@]1(C=O)N[C@@H]([C@@H](C)[C@@H](O)CO)C(=O)N2. The van der Waals surface area contributed by atoms with Crippen molar-refractivity contribution in [3.63, 3.8) is 0 Å². The lowest BCUT2D eigenvalue weighted by molar-refractivity contribution is -0.147. The number of aromatic nitrogens is 1. The van der Waals surface area contributed by atoms with Gasteiger partial charge in [0.1, 0.15) is 48.3 Å². The molecule has 4 aliphatic rings. The van der Waals surface area contributed by atoms with Crippen LogP contribution in [-0.4, -0.2) is 216 Å². The van der Waals surface area contributed by atoms with Crippen LogP contribution in [0.3, 0.4) is 0 Å². The summed E-state index contributed by atoms with van der Waals surface area (Å²) in [5, 5.41) is 57.9. The van der Waals surface area contributed by atoms with Crippen LogP contribution in [0.25, 0.3) is 10.9 Å². The standard InChI is InChI=1S/C61H80N14O19S/c1-7-30(4)51-56(89)64-22-46(82)67-42-27-95(93)59-38(19-40(54(87)63-23-47(83)72-51)68-58(91)52(31(5)43(79)25-76)73-61(28-77)21-35(78)24-75(61)60(92)41(20-44(62)80)69-55(42)88)37-13-12-36(18-39(37)70-59)94-26-33-8-10-34(11-9-33)66-53(86)32(6)65-57(90)50(29(2)3)71-45(81)16-17-74-48(84)14-15-49(74)85/h8-15,18,28-32,35,40-43,50-52,70,73,76,78-79H,7,16-17,19-27H2,1-6H3,(H2,62,80)(H,63,87)(H,64,89)(H,65,90)(H,66,86)(H,67,82)(H,68,91)(H,69,88)(H,71,81)(H,72,83)/t30-,31-,32-,35+,40-,41-,42-,43-,50-,51-,52-,61-,95?/m0/s1. The van der Waals surface area contributed by atoms with Crippen LogP contribution in [-0.2, 0) is 91.3 Å². The van der Waals surface area contributed by atoms with Crippen molar-refractivity contribution in [2.45, 2.75) is 145 Å². The van der Waals surface area contributed by atoms with Gasteiger partial charge < -0.3 is 88.1 Å². The number of nitrogens with one attached hydrogen (secondary N) is 11. The topological polar surface area (TPSA) is 501 Å². The van der Waals surface area contributed by atoms with E-state index in [-0.39, 0.29) is 53.1 Å². The predicted octanol–water partition coefficient (Wildman–Crippen LogP) is -5.15. The van der Waals surface area contributed by atoms with Gasteiger partial charge >= 0.3 is 0 Å². The van der Waals surface area contributed by atoms with Crippen LogP contribution >= 0.6 is 0 Å². The van der Waals surface area contributed by atoms with E-state index in [1.165, 1.54) is 32.0 Å². The number of nitrogens with zero attached hydrogens (tertiary/aromatic N) is 2. The summed E-state index contributed by atoms with van der Waals surface area (Å²) in [4.78, 5) is 194. The first-order valence-corrected chi connectivity index (χ1v) is 32.0. The van der Waals surface area contributed by atoms with Crippen molar-refractivity contribution in [3.8, 4) is 5.75 Å². The van der Waals surface area contributed by atoms with Crippen LogP contribution in [0.15, 0.2) is 59.6 Å². The number of hydrogen-bond acceptors (Lipinski definition) is 20. The number of ether oxygens (including phenoxy) is 1. The second-order valence-electron chi connectivity index (χ2n) is 24.1. The average Bonchev–Trinajstić information content (AvgIpc) is 1.66. The van der Waals surface area contributed by atoms with Crippen molar-refractivity contribution in [1.29, 1.82) is 0 Å². The molecule has 1 unspecified atom stereocenters. The molecule has 5 heterocycles. The first-order chi connectivity index (χ1) is 45.0. The molecule has 1 saturated heterocycles. The molecule has 0 saturated carbocycles. The molecule has 33 nitrogen and oxygen atoms in total. The van der Waals surface area contributed by atoms with E-state index < -0.39 is 217 Å². The Bertz CT molecular complexity index is 3480. The summed E-state index contributed by atoms with van der Waals surface area (Å²) >= 11 is -2.49. The normalized spacial score (nSPS) is 25.0. The van der Waals surface area contributed by atoms with E-state index in [1.807, 2.05) is 0 Å². The number of aliphatic hydroxyl groups is 3. The van der Waals surface area contributed by atoms with Gasteiger partial charge in [0.15, 0.2) is 18.0 Å². The fourth-order valence-electron chi connectivity index (χ4n) is 11.1. The summed E-state index contributed by atoms with van der Waals surface area (Å²) in [6, 6.07) is -0.0418. The Kier molecular flexibility index (Phi) is 24.8. The lowest BCUT2D eigenvalue weighted by Gasteiger charge is -2.40. The molecule has 0 aliphatic carbocycles. The maximum atomic E-state index is 15.2. The molecule has 0 radical (unpaired) electrons. The number of amides is 13. The highest BCUT2D eigenvalue weighted by atomic mass is 32.2. The number of fused-ring (bicyclic) bond motifs is 5. The number of aldehydes is 1. The van der Waals surface area contributed by atoms with E-state index in [0.29, 0.717) is 17.7 Å². The Hall–Kier alpha value is -9.35. The lowest BCUT2D eigenvalue weighted by atomic mass is 9.92. The highest BCUT2D eigenvalue weighted by molar-refractivity contribution is 7.91. The minimum atomic E-state index is -2.49. The summed E-state index contributed by atoms with van der Waals surface area (Å²) in [7, 11) is 0. The summed E-state index contributed by atoms with van der Waals surface area (Å²) < 4.78 is 21.3. The minimum Gasteiger partial charge on any atom is -0.610 e. The molecule has 3 aromatic rings. The molecule has 514 valence electrons. The zero-order valence-corrected chi connectivity index (χ0v) is 53.8. The van der Waals surface area contributed by atoms with E-state index in [0.717, 1.165) is 22.0 Å². The van der Waals surface area contributed by atoms with E-state index in [4.69, 9.17) is 10.5 Å². The molecule has 2 aromatic carbocycles. The number of H-pyrrole nitrogens is 1. The van der Waals surface area contributed by atoms with Crippen LogP contribution in [0.5, 0.6) is 5.75 Å². The van der Waals surface area contributed by atoms with Gasteiger partial charge in [0, 0.05) is 84.3 Å². The number of carbonyl (C=O) groups is 14. The van der Waals surface area contributed by atoms with E-state index in [9.17, 15) is 77.6 Å². The molecule has 16 N–H and O–H groups in total. The fourth-order valence-corrected chi connectivity index (χ4v) is 12.5. The number of carbonyl (C=O) groups excluding carboxylic acids is 14. The lowest BCUT2D eigenvalue weighted by Crippen LogP contribution is -2.69. The van der Waals surface area contributed by atoms with Gasteiger partial charge in [-0.05, 0) is 48.6 Å². The van der Waals surface area contributed by atoms with Crippen LogP contribution in [0, 0.1) is 17.8 Å². The van der Waals surface area contributed by atoms with Gasteiger partial charge in [-0.2, -0.15) is 0 Å². The summed E-state index contributed by atoms with van der Waals surface area (Å²) in [5.74, 6) is -14.6. The summed E-state index contributed by atoms with van der Waals surface area (Å²) in [5.41, 5.74) is 4.38. The number of rotatable bonds is 20. The molecule has 1 fully saturated rings. The van der Waals surface area contributed by atoms with Gasteiger partial charge in [-0.1, -0.05) is 53.2 Å². The van der Waals surface area contributed by atoms with Gasteiger partial charge in [-0.3, -0.25) is 77.3 Å². The molecule has 7 rings (SSSR count). The molecule has 95 heavy (non-hydrogen) atoms. The molecule has 34 heteroatoms. The van der Waals surface area contributed by atoms with E-state index in [2.05, 4.69) is 58.2 Å². The van der Waals surface area contributed by atoms with Gasteiger partial charge in [0.25, 0.3) is 11.8 Å². The van der Waals surface area contributed by atoms with Crippen LogP contribution in [0.2, 0.25) is 0 Å². The predicted molar refractivity (Wildman–Crippen MR) is 335 cm³/mol. The Balaban J connectivity index is 1.20. The zero-order valence-electron chi connectivity index (χ0n) is 52.9. The van der Waals surface area contributed by atoms with Gasteiger partial charge in [-0.15, -0.1) is 0 Å². The first-order valence-electron chi connectivity index (χ1n) is 30.7. The number of primary amides is 1. The highest BCUT2D eigenvalue weighted by Gasteiger charge is 2.53. The fraction of sp³-hybridized carbons (Fsp3) is 0.508. The Morgan fingerprint density at radius 2 is 1.49 bits per heavy atom. The molecule has 2 bridgehead atoms. The van der Waals surface area contributed by atoms with Crippen LogP contribution in [0.1, 0.15) is 78.4 Å². The van der Waals surface area contributed by atoms with Crippen molar-refractivity contribution in [1.82, 2.24) is 62.6 Å². The monoisotopic (exact) mass is 1340 g/mol. The van der Waals surface area contributed by atoms with Crippen molar-refractivity contribution >= 4 is 111 Å². The smallest absolute Gasteiger partial charge is 0.253 e. The third-order valence-electron chi connectivity index (χ3n) is 16.8. The van der Waals surface area contributed by atoms with Crippen LogP contribution in [0.4, 0.5) is 5.69 Å². The first kappa shape index (κ1) is 73.1. The Labute approximate surface area is 547 Å². The van der Waals surface area contributed by atoms with Crippen molar-refractivity contribution in [3.05, 3.63) is 65.7 Å². The highest BCUT2D eigenvalue weighted by Crippen LogP contribution is 2.33.